The van der Waals surface area contributed by atoms with Gasteiger partial charge in [-0.25, -0.2) is 0 Å². The molecule has 0 aromatic rings. The topological polar surface area (TPSA) is 35.5 Å². The highest BCUT2D eigenvalue weighted by atomic mass is 31.2. The molecule has 0 aromatic heterocycles. The predicted molar refractivity (Wildman–Crippen MR) is 78.7 cm³/mol. The fourth-order valence-corrected chi connectivity index (χ4v) is 5.60. The average molecular weight is 288 g/mol. The van der Waals surface area contributed by atoms with Gasteiger partial charge in [0.2, 0.25) is 0 Å². The maximum atomic E-state index is 12.7. The molecular weight excluding hydrogens is 259 g/mol. The molecule has 0 aromatic carbocycles. The molecule has 112 valence electrons. The van der Waals surface area contributed by atoms with Crippen LogP contribution in [0.5, 0.6) is 0 Å². The van der Waals surface area contributed by atoms with E-state index in [1.54, 1.807) is 6.66 Å². The Morgan fingerprint density at radius 2 is 1.05 bits per heavy atom. The Labute approximate surface area is 118 Å². The second kappa shape index (κ2) is 5.87. The summed E-state index contributed by atoms with van der Waals surface area (Å²) in [6.45, 7) is 5.84. The van der Waals surface area contributed by atoms with E-state index < -0.39 is 7.60 Å². The summed E-state index contributed by atoms with van der Waals surface area (Å²) >= 11 is 0. The van der Waals surface area contributed by atoms with Crippen LogP contribution in [0.25, 0.3) is 0 Å². The summed E-state index contributed by atoms with van der Waals surface area (Å²) in [6, 6.07) is 0. The molecule has 4 heteroatoms. The van der Waals surface area contributed by atoms with Gasteiger partial charge in [-0.2, -0.15) is 0 Å². The van der Waals surface area contributed by atoms with E-state index in [0.29, 0.717) is 0 Å². The van der Waals surface area contributed by atoms with Crippen LogP contribution in [-0.4, -0.2) is 17.9 Å². The Morgan fingerprint density at radius 3 is 1.37 bits per heavy atom. The molecule has 3 nitrogen and oxygen atoms in total. The minimum absolute atomic E-state index is 0.243. The van der Waals surface area contributed by atoms with Crippen LogP contribution >= 0.6 is 7.60 Å². The van der Waals surface area contributed by atoms with Crippen LogP contribution in [0.1, 0.15) is 78.1 Å². The molecule has 0 unspecified atom stereocenters. The molecule has 0 saturated heterocycles. The quantitative estimate of drug-likeness (QED) is 0.659. The molecule has 0 heterocycles. The zero-order valence-electron chi connectivity index (χ0n) is 12.7. The van der Waals surface area contributed by atoms with Crippen molar-refractivity contribution in [3.63, 3.8) is 0 Å². The molecule has 0 atom stereocenters. The van der Waals surface area contributed by atoms with Gasteiger partial charge in [0.25, 0.3) is 0 Å². The first kappa shape index (κ1) is 15.5. The van der Waals surface area contributed by atoms with Crippen LogP contribution in [0.4, 0.5) is 0 Å². The average Bonchev–Trinajstić information content (AvgIpc) is 2.27. The van der Waals surface area contributed by atoms with Crippen molar-refractivity contribution in [3.8, 4) is 0 Å². The fourth-order valence-electron chi connectivity index (χ4n) is 3.60. The lowest BCUT2D eigenvalue weighted by atomic mass is 9.87. The number of rotatable bonds is 4. The monoisotopic (exact) mass is 288 g/mol. The van der Waals surface area contributed by atoms with Crippen LogP contribution in [-0.2, 0) is 13.6 Å². The molecular formula is C15H29O3P. The van der Waals surface area contributed by atoms with Crippen molar-refractivity contribution in [2.45, 2.75) is 89.3 Å². The van der Waals surface area contributed by atoms with Gasteiger partial charge >= 0.3 is 7.60 Å². The van der Waals surface area contributed by atoms with Crippen LogP contribution in [0, 0.1) is 0 Å². The van der Waals surface area contributed by atoms with Gasteiger partial charge in [-0.3, -0.25) is 4.57 Å². The Bertz CT molecular complexity index is 311. The molecule has 0 radical (unpaired) electrons. The minimum atomic E-state index is -2.96. The zero-order chi connectivity index (χ0) is 14.0. The minimum Gasteiger partial charge on any atom is -0.302 e. The highest BCUT2D eigenvalue weighted by molar-refractivity contribution is 7.53. The van der Waals surface area contributed by atoms with Gasteiger partial charge in [0.1, 0.15) is 0 Å². The normalized spacial score (nSPS) is 27.1. The van der Waals surface area contributed by atoms with E-state index in [1.165, 1.54) is 38.5 Å². The van der Waals surface area contributed by atoms with Crippen LogP contribution in [0.3, 0.4) is 0 Å². The lowest BCUT2D eigenvalue weighted by Crippen LogP contribution is -2.34. The molecule has 0 bridgehead atoms. The molecule has 2 saturated carbocycles. The van der Waals surface area contributed by atoms with Crippen molar-refractivity contribution in [1.82, 2.24) is 0 Å². The second-order valence-electron chi connectivity index (χ2n) is 6.98. The summed E-state index contributed by atoms with van der Waals surface area (Å²) in [5.74, 6) is 0. The maximum absolute atomic E-state index is 12.7. The lowest BCUT2D eigenvalue weighted by molar-refractivity contribution is -0.0132. The van der Waals surface area contributed by atoms with Crippen molar-refractivity contribution < 1.29 is 13.6 Å². The first-order valence-corrected chi connectivity index (χ1v) is 9.81. The molecule has 2 aliphatic rings. The molecule has 0 N–H and O–H groups in total. The predicted octanol–water partition coefficient (Wildman–Crippen LogP) is 5.29. The largest absolute Gasteiger partial charge is 0.328 e. The highest BCUT2D eigenvalue weighted by Crippen LogP contribution is 2.55. The first-order valence-electron chi connectivity index (χ1n) is 7.82. The smallest absolute Gasteiger partial charge is 0.302 e. The van der Waals surface area contributed by atoms with E-state index in [1.807, 2.05) is 0 Å². The zero-order valence-corrected chi connectivity index (χ0v) is 13.6. The van der Waals surface area contributed by atoms with Crippen LogP contribution in [0.15, 0.2) is 0 Å². The van der Waals surface area contributed by atoms with E-state index in [4.69, 9.17) is 9.05 Å². The van der Waals surface area contributed by atoms with Crippen molar-refractivity contribution >= 4 is 7.60 Å². The Kier molecular flexibility index (Phi) is 4.80. The van der Waals surface area contributed by atoms with Gasteiger partial charge in [0, 0.05) is 6.66 Å². The van der Waals surface area contributed by atoms with Gasteiger partial charge < -0.3 is 9.05 Å². The Hall–Kier alpha value is 0.150. The molecule has 2 rings (SSSR count). The second-order valence-corrected chi connectivity index (χ2v) is 8.88. The Morgan fingerprint density at radius 1 is 0.737 bits per heavy atom. The third kappa shape index (κ3) is 4.58. The summed E-state index contributed by atoms with van der Waals surface area (Å²) in [7, 11) is -2.96. The lowest BCUT2D eigenvalue weighted by Gasteiger charge is -2.40. The van der Waals surface area contributed by atoms with Gasteiger partial charge in [-0.05, 0) is 39.5 Å². The molecule has 0 aliphatic heterocycles. The van der Waals surface area contributed by atoms with E-state index in [-0.39, 0.29) is 11.2 Å². The third-order valence-electron chi connectivity index (χ3n) is 4.59. The molecule has 19 heavy (non-hydrogen) atoms. The standard InChI is InChI=1S/C15H29O3P/c1-14(10-6-4-7-11-14)17-19(3,16)18-15(2)12-8-5-9-13-15/h4-13H2,1-3H3. The van der Waals surface area contributed by atoms with Gasteiger partial charge in [0.05, 0.1) is 11.2 Å². The fraction of sp³-hybridized carbons (Fsp3) is 1.00. The van der Waals surface area contributed by atoms with E-state index in [2.05, 4.69) is 13.8 Å². The van der Waals surface area contributed by atoms with Crippen molar-refractivity contribution in [2.24, 2.45) is 0 Å². The van der Waals surface area contributed by atoms with E-state index in [9.17, 15) is 4.57 Å². The van der Waals surface area contributed by atoms with Crippen LogP contribution < -0.4 is 0 Å². The number of hydrogen-bond acceptors (Lipinski definition) is 3. The van der Waals surface area contributed by atoms with Gasteiger partial charge in [0.15, 0.2) is 0 Å². The van der Waals surface area contributed by atoms with Crippen molar-refractivity contribution in [2.75, 3.05) is 6.66 Å². The SMILES string of the molecule is CC1(OP(C)(=O)OC2(C)CCCCC2)CCCCC1. The molecule has 0 amide bonds. The summed E-state index contributed by atoms with van der Waals surface area (Å²) in [6.07, 6.45) is 11.3. The summed E-state index contributed by atoms with van der Waals surface area (Å²) in [5, 5.41) is 0. The number of hydrogen-bond donors (Lipinski definition) is 0. The molecule has 0 spiro atoms. The van der Waals surface area contributed by atoms with Crippen molar-refractivity contribution in [1.29, 1.82) is 0 Å². The third-order valence-corrected chi connectivity index (χ3v) is 6.14. The summed E-state index contributed by atoms with van der Waals surface area (Å²) < 4.78 is 24.7. The molecule has 2 aliphatic carbocycles. The van der Waals surface area contributed by atoms with E-state index >= 15 is 0 Å². The van der Waals surface area contributed by atoms with Gasteiger partial charge in [-0.15, -0.1) is 0 Å². The van der Waals surface area contributed by atoms with Crippen LogP contribution in [0.2, 0.25) is 0 Å². The van der Waals surface area contributed by atoms with Gasteiger partial charge in [-0.1, -0.05) is 38.5 Å². The summed E-state index contributed by atoms with van der Waals surface area (Å²) in [4.78, 5) is 0. The molecule has 2 fully saturated rings. The van der Waals surface area contributed by atoms with E-state index in [0.717, 1.165) is 25.7 Å². The highest BCUT2D eigenvalue weighted by Gasteiger charge is 2.39. The maximum Gasteiger partial charge on any atom is 0.328 e. The Balaban J connectivity index is 1.95. The first-order chi connectivity index (χ1) is 8.83. The van der Waals surface area contributed by atoms with Crippen molar-refractivity contribution in [3.05, 3.63) is 0 Å². The summed E-state index contributed by atoms with van der Waals surface area (Å²) in [5.41, 5.74) is -0.485.